The van der Waals surface area contributed by atoms with E-state index in [1.807, 2.05) is 92.8 Å². The van der Waals surface area contributed by atoms with Gasteiger partial charge in [-0.3, -0.25) is 0 Å². The lowest BCUT2D eigenvalue weighted by Gasteiger charge is -2.27. The van der Waals surface area contributed by atoms with Crippen LogP contribution in [0.5, 0.6) is 5.75 Å². The molecule has 1 amide bonds. The number of alkyl carbamates (subject to hydrolysis) is 1. The summed E-state index contributed by atoms with van der Waals surface area (Å²) in [7, 11) is 3.46. The van der Waals surface area contributed by atoms with Crippen LogP contribution in [0.25, 0.3) is 11.1 Å². The molecule has 1 atom stereocenters. The van der Waals surface area contributed by atoms with Crippen LogP contribution in [0.15, 0.2) is 85.1 Å². The molecular weight excluding hydrogens is 555 g/mol. The second-order valence-electron chi connectivity index (χ2n) is 10.4. The van der Waals surface area contributed by atoms with Crippen LogP contribution >= 0.6 is 12.3 Å². The monoisotopic (exact) mass is 592 g/mol. The summed E-state index contributed by atoms with van der Waals surface area (Å²) >= 11 is 0.0720. The van der Waals surface area contributed by atoms with Crippen LogP contribution in [0, 0.1) is 6.92 Å². The number of methoxy groups -OCH3 is 1. The molecule has 1 unspecified atom stereocenters. The zero-order chi connectivity index (χ0) is 30.7. The van der Waals surface area contributed by atoms with E-state index in [9.17, 15) is 13.5 Å². The fraction of sp³-hybridized carbons (Fsp3) is 0.281. The number of amides is 1. The number of rotatable bonds is 9. The number of carbonyl (C=O) groups is 2. The molecule has 4 aromatic rings. The van der Waals surface area contributed by atoms with Gasteiger partial charge in [-0.1, -0.05) is 60.7 Å². The summed E-state index contributed by atoms with van der Waals surface area (Å²) in [6, 6.07) is 24.4. The number of anilines is 1. The van der Waals surface area contributed by atoms with Crippen molar-refractivity contribution in [1.29, 1.82) is 0 Å². The Balaban J connectivity index is 0.000000240. The maximum atomic E-state index is 12.5. The molecule has 0 saturated heterocycles. The normalized spacial score (nSPS) is 11.6. The minimum atomic E-state index is -0.718. The lowest BCUT2D eigenvalue weighted by atomic mass is 9.85. The van der Waals surface area contributed by atoms with Gasteiger partial charge in [-0.15, -0.1) is 3.89 Å². The number of carbonyl (C=O) groups excluding carboxylic acids is 2. The van der Waals surface area contributed by atoms with Gasteiger partial charge < -0.3 is 24.9 Å². The molecule has 0 bridgehead atoms. The van der Waals surface area contributed by atoms with Crippen LogP contribution in [0.4, 0.5) is 14.4 Å². The van der Waals surface area contributed by atoms with E-state index in [1.54, 1.807) is 34.1 Å². The van der Waals surface area contributed by atoms with E-state index >= 15 is 0 Å². The van der Waals surface area contributed by atoms with Gasteiger partial charge >= 0.3 is 6.09 Å². The number of hydrogen-bond acceptors (Lipinski definition) is 7. The molecule has 0 spiro atoms. The maximum absolute atomic E-state index is 12.5. The minimum absolute atomic E-state index is 0.0720. The van der Waals surface area contributed by atoms with Crippen LogP contribution in [0.1, 0.15) is 43.5 Å². The fourth-order valence-corrected chi connectivity index (χ4v) is 4.67. The molecule has 0 aliphatic carbocycles. The average Bonchev–Trinajstić information content (AvgIpc) is 3.37. The molecule has 0 fully saturated rings. The Labute approximate surface area is 251 Å². The Bertz CT molecular complexity index is 1400. The predicted molar refractivity (Wildman–Crippen MR) is 167 cm³/mol. The van der Waals surface area contributed by atoms with E-state index < -0.39 is 17.7 Å². The Morgan fingerprint density at radius 1 is 1.00 bits per heavy atom. The van der Waals surface area contributed by atoms with Crippen molar-refractivity contribution in [1.82, 2.24) is 14.5 Å². The Morgan fingerprint density at radius 2 is 1.60 bits per heavy atom. The van der Waals surface area contributed by atoms with Crippen molar-refractivity contribution in [2.75, 3.05) is 19.5 Å². The highest BCUT2D eigenvalue weighted by molar-refractivity contribution is 7.92. The van der Waals surface area contributed by atoms with E-state index in [-0.39, 0.29) is 18.3 Å². The van der Waals surface area contributed by atoms with Gasteiger partial charge in [0.15, 0.2) is 12.3 Å². The van der Waals surface area contributed by atoms with Crippen molar-refractivity contribution < 1.29 is 22.9 Å². The third-order valence-corrected chi connectivity index (χ3v) is 6.56. The SMILES string of the molecule is CC(C)(C)OC(=O)NC(C=O)C(c1ccccc1)c1ccccc1.CNc1ccc(-c2cn(SF)nc2C)c(OC)c1. The van der Waals surface area contributed by atoms with E-state index in [2.05, 4.69) is 15.7 Å². The zero-order valence-corrected chi connectivity index (χ0v) is 25.4. The third-order valence-electron chi connectivity index (χ3n) is 6.24. The fourth-order valence-electron chi connectivity index (χ4n) is 4.37. The van der Waals surface area contributed by atoms with Crippen molar-refractivity contribution >= 4 is 30.4 Å². The number of halogens is 1. The Morgan fingerprint density at radius 3 is 2.05 bits per heavy atom. The maximum Gasteiger partial charge on any atom is 0.408 e. The van der Waals surface area contributed by atoms with Gasteiger partial charge in [0.05, 0.1) is 18.8 Å². The third kappa shape index (κ3) is 8.84. The van der Waals surface area contributed by atoms with Crippen LogP contribution < -0.4 is 15.4 Å². The summed E-state index contributed by atoms with van der Waals surface area (Å²) in [5.74, 6) is 0.450. The molecule has 0 saturated carbocycles. The smallest absolute Gasteiger partial charge is 0.408 e. The van der Waals surface area contributed by atoms with Crippen molar-refractivity contribution in [2.24, 2.45) is 0 Å². The standard InChI is InChI=1S/C20H23NO3.C12H14FN3OS/c1-20(2,3)24-19(23)21-17(14-22)18(15-10-6-4-7-11-15)16-12-8-5-9-13-16;1-8-11(7-16(15-8)18-13)10-5-4-9(14-2)6-12(10)17-3/h4-14,17-18H,1-3H3,(H,21,23);4-7,14H,1-3H3. The topological polar surface area (TPSA) is 94.5 Å². The molecule has 10 heteroatoms. The van der Waals surface area contributed by atoms with Gasteiger partial charge in [0.25, 0.3) is 0 Å². The molecular formula is C32H37FN4O4S. The summed E-state index contributed by atoms with van der Waals surface area (Å²) in [6.45, 7) is 7.20. The van der Waals surface area contributed by atoms with Crippen LogP contribution in [-0.2, 0) is 9.53 Å². The van der Waals surface area contributed by atoms with Crippen LogP contribution in [0.2, 0.25) is 0 Å². The molecule has 2 N–H and O–H groups in total. The lowest BCUT2D eigenvalue weighted by molar-refractivity contribution is -0.109. The highest BCUT2D eigenvalue weighted by Gasteiger charge is 2.28. The first kappa shape index (κ1) is 32.2. The number of hydrogen-bond donors (Lipinski definition) is 2. The number of benzene rings is 3. The quantitative estimate of drug-likeness (QED) is 0.199. The molecule has 1 aromatic heterocycles. The van der Waals surface area contributed by atoms with Crippen molar-refractivity contribution in [2.45, 2.75) is 45.3 Å². The second-order valence-corrected chi connectivity index (χ2v) is 10.9. The van der Waals surface area contributed by atoms with Crippen molar-refractivity contribution in [3.63, 3.8) is 0 Å². The molecule has 3 aromatic carbocycles. The minimum Gasteiger partial charge on any atom is -0.496 e. The second kappa shape index (κ2) is 15.1. The Kier molecular flexibility index (Phi) is 11.6. The van der Waals surface area contributed by atoms with E-state index in [1.165, 1.54) is 4.09 Å². The first-order chi connectivity index (χ1) is 20.1. The van der Waals surface area contributed by atoms with Crippen LogP contribution in [-0.4, -0.2) is 47.4 Å². The molecule has 4 rings (SSSR count). The van der Waals surface area contributed by atoms with Crippen molar-refractivity contribution in [3.05, 3.63) is 102 Å². The number of nitrogens with one attached hydrogen (secondary N) is 2. The molecule has 0 radical (unpaired) electrons. The van der Waals surface area contributed by atoms with Crippen LogP contribution in [0.3, 0.4) is 0 Å². The number of aromatic nitrogens is 2. The first-order valence-corrected chi connectivity index (χ1v) is 14.0. The summed E-state index contributed by atoms with van der Waals surface area (Å²) in [6.07, 6.45) is 1.81. The molecule has 42 heavy (non-hydrogen) atoms. The van der Waals surface area contributed by atoms with E-state index in [0.717, 1.165) is 45.7 Å². The van der Waals surface area contributed by atoms with Gasteiger partial charge in [-0.25, -0.2) is 4.79 Å². The van der Waals surface area contributed by atoms with Gasteiger partial charge in [-0.2, -0.15) is 9.19 Å². The van der Waals surface area contributed by atoms with Gasteiger partial charge in [-0.05, 0) is 51.0 Å². The summed E-state index contributed by atoms with van der Waals surface area (Å²) in [5, 5.41) is 9.79. The number of aldehydes is 1. The summed E-state index contributed by atoms with van der Waals surface area (Å²) < 4.78 is 24.3. The van der Waals surface area contributed by atoms with Gasteiger partial charge in [0.1, 0.15) is 17.6 Å². The zero-order valence-electron chi connectivity index (χ0n) is 24.6. The lowest BCUT2D eigenvalue weighted by Crippen LogP contribution is -2.43. The number of ether oxygens (including phenoxy) is 2. The molecule has 0 aliphatic heterocycles. The summed E-state index contributed by atoms with van der Waals surface area (Å²) in [4.78, 5) is 23.8. The van der Waals surface area contributed by atoms with Crippen molar-refractivity contribution in [3.8, 4) is 16.9 Å². The summed E-state index contributed by atoms with van der Waals surface area (Å²) in [5.41, 5.74) is 4.77. The average molecular weight is 593 g/mol. The predicted octanol–water partition coefficient (Wildman–Crippen LogP) is 7.20. The molecule has 0 aliphatic rings. The molecule has 222 valence electrons. The first-order valence-electron chi connectivity index (χ1n) is 13.4. The number of nitrogens with zero attached hydrogens (tertiary/aromatic N) is 2. The largest absolute Gasteiger partial charge is 0.496 e. The van der Waals surface area contributed by atoms with E-state index in [4.69, 9.17) is 9.47 Å². The Hall–Kier alpha value is -4.31. The van der Waals surface area contributed by atoms with Gasteiger partial charge in [0.2, 0.25) is 0 Å². The molecule has 1 heterocycles. The number of aryl methyl sites for hydroxylation is 1. The van der Waals surface area contributed by atoms with Gasteiger partial charge in [0, 0.05) is 42.0 Å². The van der Waals surface area contributed by atoms with E-state index in [0.29, 0.717) is 0 Å². The molecule has 8 nitrogen and oxygen atoms in total. The highest BCUT2D eigenvalue weighted by atomic mass is 32.2. The highest BCUT2D eigenvalue weighted by Crippen LogP contribution is 2.34.